The molecule has 80 valence electrons. The zero-order chi connectivity index (χ0) is 11.0. The van der Waals surface area contributed by atoms with E-state index in [4.69, 9.17) is 16.3 Å². The van der Waals surface area contributed by atoms with Crippen LogP contribution in [-0.4, -0.2) is 17.9 Å². The van der Waals surface area contributed by atoms with Crippen LogP contribution < -0.4 is 4.74 Å². The molecule has 0 unspecified atom stereocenters. The van der Waals surface area contributed by atoms with Gasteiger partial charge in [0.25, 0.3) is 0 Å². The van der Waals surface area contributed by atoms with Gasteiger partial charge in [-0.1, -0.05) is 11.6 Å². The van der Waals surface area contributed by atoms with Crippen LogP contribution in [0.25, 0.3) is 0 Å². The first-order valence-electron chi connectivity index (χ1n) is 4.91. The van der Waals surface area contributed by atoms with Crippen molar-refractivity contribution in [2.75, 3.05) is 7.11 Å². The molecule has 0 aliphatic heterocycles. The minimum Gasteiger partial charge on any atom is -0.493 e. The zero-order valence-electron chi connectivity index (χ0n) is 8.76. The largest absolute Gasteiger partial charge is 0.493 e. The van der Waals surface area contributed by atoms with Crippen molar-refractivity contribution in [1.29, 1.82) is 0 Å². The predicted molar refractivity (Wildman–Crippen MR) is 57.8 cm³/mol. The van der Waals surface area contributed by atoms with Crippen LogP contribution >= 0.6 is 11.6 Å². The number of carbonyl (C=O) groups excluding carboxylic acids is 1. The number of hydrogen-bond acceptors (Lipinski definition) is 3. The van der Waals surface area contributed by atoms with Gasteiger partial charge in [0.05, 0.1) is 17.8 Å². The number of methoxy groups -OCH3 is 1. The molecule has 1 heterocycles. The summed E-state index contributed by atoms with van der Waals surface area (Å²) in [5.41, 5.74) is 2.05. The average Bonchev–Trinajstić information content (AvgIpc) is 2.20. The second-order valence-corrected chi connectivity index (χ2v) is 4.03. The van der Waals surface area contributed by atoms with Gasteiger partial charge in [0, 0.05) is 12.0 Å². The van der Waals surface area contributed by atoms with Gasteiger partial charge in [0.15, 0.2) is 11.5 Å². The van der Waals surface area contributed by atoms with Gasteiger partial charge in [0.1, 0.15) is 5.69 Å². The Morgan fingerprint density at radius 1 is 1.40 bits per heavy atom. The number of pyridine rings is 1. The second kappa shape index (κ2) is 3.81. The Labute approximate surface area is 93.4 Å². The number of halogens is 1. The topological polar surface area (TPSA) is 39.2 Å². The lowest BCUT2D eigenvalue weighted by molar-refractivity contribution is 0.0967. The SMILES string of the molecule is COc1c(C)nc2c(c1Cl)CCCC2=O. The summed E-state index contributed by atoms with van der Waals surface area (Å²) >= 11 is 6.18. The first kappa shape index (κ1) is 10.4. The predicted octanol–water partition coefficient (Wildman–Crippen LogP) is 2.57. The van der Waals surface area contributed by atoms with Crippen LogP contribution in [0.3, 0.4) is 0 Å². The molecule has 1 aliphatic rings. The van der Waals surface area contributed by atoms with Crippen LogP contribution in [-0.2, 0) is 6.42 Å². The van der Waals surface area contributed by atoms with Crippen LogP contribution in [0.4, 0.5) is 0 Å². The van der Waals surface area contributed by atoms with Crippen molar-refractivity contribution in [2.24, 2.45) is 0 Å². The number of aryl methyl sites for hydroxylation is 1. The Bertz CT molecular complexity index is 429. The lowest BCUT2D eigenvalue weighted by atomic mass is 9.94. The number of hydrogen-bond donors (Lipinski definition) is 0. The average molecular weight is 226 g/mol. The minimum absolute atomic E-state index is 0.0869. The van der Waals surface area contributed by atoms with Crippen LogP contribution in [0.15, 0.2) is 0 Å². The standard InChI is InChI=1S/C11H12ClNO2/c1-6-11(15-2)9(12)7-4-3-5-8(14)10(7)13-6/h3-5H2,1-2H3. The highest BCUT2D eigenvalue weighted by molar-refractivity contribution is 6.33. The molecule has 0 N–H and O–H groups in total. The molecule has 0 amide bonds. The van der Waals surface area contributed by atoms with Crippen LogP contribution in [0, 0.1) is 6.92 Å². The number of ether oxygens (including phenoxy) is 1. The van der Waals surface area contributed by atoms with E-state index in [1.807, 2.05) is 0 Å². The molecule has 2 rings (SSSR count). The van der Waals surface area contributed by atoms with E-state index in [-0.39, 0.29) is 5.78 Å². The fourth-order valence-corrected chi connectivity index (χ4v) is 2.32. The Morgan fingerprint density at radius 2 is 2.13 bits per heavy atom. The van der Waals surface area contributed by atoms with Gasteiger partial charge >= 0.3 is 0 Å². The summed E-state index contributed by atoms with van der Waals surface area (Å²) in [5, 5.41) is 0.549. The van der Waals surface area contributed by atoms with Crippen molar-refractivity contribution in [3.8, 4) is 5.75 Å². The van der Waals surface area contributed by atoms with Gasteiger partial charge in [-0.25, -0.2) is 4.98 Å². The van der Waals surface area contributed by atoms with E-state index in [1.54, 1.807) is 14.0 Å². The molecule has 0 fully saturated rings. The van der Waals surface area contributed by atoms with Crippen LogP contribution in [0.2, 0.25) is 5.02 Å². The van der Waals surface area contributed by atoms with E-state index in [1.165, 1.54) is 0 Å². The monoisotopic (exact) mass is 225 g/mol. The normalized spacial score (nSPS) is 15.0. The molecule has 0 saturated carbocycles. The molecular weight excluding hydrogens is 214 g/mol. The summed E-state index contributed by atoms with van der Waals surface area (Å²) in [4.78, 5) is 15.9. The summed E-state index contributed by atoms with van der Waals surface area (Å²) < 4.78 is 5.17. The van der Waals surface area contributed by atoms with Gasteiger partial charge in [-0.15, -0.1) is 0 Å². The lowest BCUT2D eigenvalue weighted by Gasteiger charge is -2.18. The Hall–Kier alpha value is -1.09. The fraction of sp³-hybridized carbons (Fsp3) is 0.455. The second-order valence-electron chi connectivity index (χ2n) is 3.65. The first-order valence-corrected chi connectivity index (χ1v) is 5.29. The molecule has 0 radical (unpaired) electrons. The molecule has 4 heteroatoms. The summed E-state index contributed by atoms with van der Waals surface area (Å²) in [5.74, 6) is 0.675. The Balaban J connectivity index is 2.66. The van der Waals surface area contributed by atoms with Crippen molar-refractivity contribution < 1.29 is 9.53 Å². The van der Waals surface area contributed by atoms with Crippen molar-refractivity contribution in [1.82, 2.24) is 4.98 Å². The highest BCUT2D eigenvalue weighted by Crippen LogP contribution is 2.35. The smallest absolute Gasteiger partial charge is 0.181 e. The molecule has 0 aromatic carbocycles. The van der Waals surface area contributed by atoms with E-state index >= 15 is 0 Å². The van der Waals surface area contributed by atoms with E-state index in [0.717, 1.165) is 18.4 Å². The molecule has 1 aliphatic carbocycles. The third-order valence-corrected chi connectivity index (χ3v) is 3.06. The number of aromatic nitrogens is 1. The van der Waals surface area contributed by atoms with Crippen LogP contribution in [0.1, 0.15) is 34.6 Å². The third-order valence-electron chi connectivity index (χ3n) is 2.66. The van der Waals surface area contributed by atoms with Crippen molar-refractivity contribution >= 4 is 17.4 Å². The van der Waals surface area contributed by atoms with E-state index in [9.17, 15) is 4.79 Å². The maximum atomic E-state index is 11.6. The first-order chi connectivity index (χ1) is 7.15. The fourth-order valence-electron chi connectivity index (χ4n) is 1.93. The summed E-state index contributed by atoms with van der Waals surface area (Å²) in [6.45, 7) is 1.80. The number of Topliss-reactive ketones (excluding diaryl/α,β-unsaturated/α-hetero) is 1. The number of ketones is 1. The number of carbonyl (C=O) groups is 1. The van der Waals surface area contributed by atoms with Gasteiger partial charge in [-0.2, -0.15) is 0 Å². The number of nitrogens with zero attached hydrogens (tertiary/aromatic N) is 1. The molecular formula is C11H12ClNO2. The molecule has 1 aromatic rings. The maximum Gasteiger partial charge on any atom is 0.181 e. The van der Waals surface area contributed by atoms with Crippen LogP contribution in [0.5, 0.6) is 5.75 Å². The quantitative estimate of drug-likeness (QED) is 0.738. The summed E-state index contributed by atoms with van der Waals surface area (Å²) in [6.07, 6.45) is 2.23. The van der Waals surface area contributed by atoms with E-state index in [0.29, 0.717) is 28.6 Å². The van der Waals surface area contributed by atoms with Crippen molar-refractivity contribution in [3.05, 3.63) is 22.0 Å². The molecule has 15 heavy (non-hydrogen) atoms. The molecule has 0 atom stereocenters. The Kier molecular flexibility index (Phi) is 2.65. The van der Waals surface area contributed by atoms with Gasteiger partial charge < -0.3 is 4.74 Å². The van der Waals surface area contributed by atoms with Crippen molar-refractivity contribution in [2.45, 2.75) is 26.2 Å². The summed E-state index contributed by atoms with van der Waals surface area (Å²) in [7, 11) is 1.56. The molecule has 1 aromatic heterocycles. The van der Waals surface area contributed by atoms with Gasteiger partial charge in [-0.05, 0) is 19.8 Å². The zero-order valence-corrected chi connectivity index (χ0v) is 9.52. The molecule has 0 spiro atoms. The highest BCUT2D eigenvalue weighted by Gasteiger charge is 2.24. The lowest BCUT2D eigenvalue weighted by Crippen LogP contribution is -2.15. The third kappa shape index (κ3) is 1.61. The molecule has 0 bridgehead atoms. The van der Waals surface area contributed by atoms with E-state index < -0.39 is 0 Å². The minimum atomic E-state index is 0.0869. The highest BCUT2D eigenvalue weighted by atomic mass is 35.5. The van der Waals surface area contributed by atoms with Crippen molar-refractivity contribution in [3.63, 3.8) is 0 Å². The van der Waals surface area contributed by atoms with Gasteiger partial charge in [-0.3, -0.25) is 4.79 Å². The Morgan fingerprint density at radius 3 is 2.80 bits per heavy atom. The summed E-state index contributed by atoms with van der Waals surface area (Å²) in [6, 6.07) is 0. The molecule has 0 saturated heterocycles. The maximum absolute atomic E-state index is 11.6. The number of rotatable bonds is 1. The molecule has 3 nitrogen and oxygen atoms in total. The number of fused-ring (bicyclic) bond motifs is 1. The van der Waals surface area contributed by atoms with E-state index in [2.05, 4.69) is 4.98 Å². The van der Waals surface area contributed by atoms with Gasteiger partial charge in [0.2, 0.25) is 0 Å².